The summed E-state index contributed by atoms with van der Waals surface area (Å²) >= 11 is 0. The highest BCUT2D eigenvalue weighted by molar-refractivity contribution is 5.14. The zero-order valence-corrected chi connectivity index (χ0v) is 10.5. The van der Waals surface area contributed by atoms with Crippen LogP contribution >= 0.6 is 0 Å². The summed E-state index contributed by atoms with van der Waals surface area (Å²) in [5.74, 6) is 0.824. The van der Waals surface area contributed by atoms with Gasteiger partial charge in [0.25, 0.3) is 0 Å². The van der Waals surface area contributed by atoms with Gasteiger partial charge in [-0.1, -0.05) is 43.7 Å². The molecule has 2 rings (SSSR count). The normalized spacial score (nSPS) is 25.4. The van der Waals surface area contributed by atoms with E-state index in [0.29, 0.717) is 5.92 Å². The molecule has 1 fully saturated rings. The molecule has 0 saturated carbocycles. The number of likely N-dealkylation sites (tertiary alicyclic amines) is 1. The Kier molecular flexibility index (Phi) is 4.17. The Labute approximate surface area is 104 Å². The van der Waals surface area contributed by atoms with Crippen molar-refractivity contribution in [1.29, 1.82) is 5.26 Å². The quantitative estimate of drug-likeness (QED) is 0.795. The van der Waals surface area contributed by atoms with Gasteiger partial charge in [0.2, 0.25) is 0 Å². The molecule has 0 unspecified atom stereocenters. The number of hydrogen-bond donors (Lipinski definition) is 0. The van der Waals surface area contributed by atoms with E-state index in [-0.39, 0.29) is 5.92 Å². The van der Waals surface area contributed by atoms with Crippen LogP contribution in [0, 0.1) is 23.2 Å². The molecule has 1 aliphatic heterocycles. The lowest BCUT2D eigenvalue weighted by molar-refractivity contribution is 0.135. The highest BCUT2D eigenvalue weighted by atomic mass is 15.1. The van der Waals surface area contributed by atoms with Gasteiger partial charge < -0.3 is 0 Å². The van der Waals surface area contributed by atoms with Gasteiger partial charge in [-0.05, 0) is 24.4 Å². The SMILES string of the molecule is CC[C@H]1CN(Cc2ccccc2)CC[C@@H]1C#N. The minimum Gasteiger partial charge on any atom is -0.299 e. The number of hydrogen-bond acceptors (Lipinski definition) is 2. The fraction of sp³-hybridized carbons (Fsp3) is 0.533. The molecule has 90 valence electrons. The number of benzene rings is 1. The van der Waals surface area contributed by atoms with Crippen LogP contribution in [0.5, 0.6) is 0 Å². The average molecular weight is 228 g/mol. The largest absolute Gasteiger partial charge is 0.299 e. The molecule has 0 aliphatic carbocycles. The van der Waals surface area contributed by atoms with Crippen molar-refractivity contribution in [2.45, 2.75) is 26.3 Å². The van der Waals surface area contributed by atoms with E-state index in [1.54, 1.807) is 0 Å². The molecule has 1 saturated heterocycles. The van der Waals surface area contributed by atoms with Crippen molar-refractivity contribution in [3.05, 3.63) is 35.9 Å². The molecule has 2 heteroatoms. The van der Waals surface area contributed by atoms with Crippen molar-refractivity contribution in [3.63, 3.8) is 0 Å². The van der Waals surface area contributed by atoms with Crippen LogP contribution in [0.4, 0.5) is 0 Å². The lowest BCUT2D eigenvalue weighted by atomic mass is 9.85. The van der Waals surface area contributed by atoms with E-state index in [1.807, 2.05) is 0 Å². The highest BCUT2D eigenvalue weighted by Crippen LogP contribution is 2.26. The molecule has 0 amide bonds. The minimum atomic E-state index is 0.270. The second-order valence-electron chi connectivity index (χ2n) is 4.91. The van der Waals surface area contributed by atoms with E-state index >= 15 is 0 Å². The molecule has 1 aromatic carbocycles. The molecule has 1 heterocycles. The van der Waals surface area contributed by atoms with Crippen LogP contribution in [0.3, 0.4) is 0 Å². The molecule has 0 N–H and O–H groups in total. The topological polar surface area (TPSA) is 27.0 Å². The lowest BCUT2D eigenvalue weighted by Crippen LogP contribution is -2.39. The molecule has 17 heavy (non-hydrogen) atoms. The molecule has 2 nitrogen and oxygen atoms in total. The van der Waals surface area contributed by atoms with Crippen LogP contribution in [-0.4, -0.2) is 18.0 Å². The first-order chi connectivity index (χ1) is 8.33. The van der Waals surface area contributed by atoms with Crippen LogP contribution < -0.4 is 0 Å². The summed E-state index contributed by atoms with van der Waals surface area (Å²) in [6.07, 6.45) is 2.14. The van der Waals surface area contributed by atoms with Crippen molar-refractivity contribution in [2.75, 3.05) is 13.1 Å². The van der Waals surface area contributed by atoms with E-state index in [9.17, 15) is 0 Å². The van der Waals surface area contributed by atoms with E-state index in [2.05, 4.69) is 48.2 Å². The first-order valence-electron chi connectivity index (χ1n) is 6.49. The second-order valence-corrected chi connectivity index (χ2v) is 4.91. The monoisotopic (exact) mass is 228 g/mol. The number of rotatable bonds is 3. The Morgan fingerprint density at radius 2 is 2.12 bits per heavy atom. The number of piperidine rings is 1. The summed E-state index contributed by atoms with van der Waals surface area (Å²) in [5.41, 5.74) is 1.37. The molecule has 1 aliphatic rings. The molecular formula is C15H20N2. The van der Waals surface area contributed by atoms with Gasteiger partial charge in [-0.15, -0.1) is 0 Å². The van der Waals surface area contributed by atoms with Gasteiger partial charge in [-0.25, -0.2) is 0 Å². The Morgan fingerprint density at radius 1 is 1.35 bits per heavy atom. The predicted octanol–water partition coefficient (Wildman–Crippen LogP) is 3.06. The third-order valence-corrected chi connectivity index (χ3v) is 3.76. The number of nitrogens with zero attached hydrogens (tertiary/aromatic N) is 2. The van der Waals surface area contributed by atoms with Crippen molar-refractivity contribution >= 4 is 0 Å². The van der Waals surface area contributed by atoms with Gasteiger partial charge in [0.15, 0.2) is 0 Å². The third kappa shape index (κ3) is 3.08. The van der Waals surface area contributed by atoms with Crippen LogP contribution in [0.25, 0.3) is 0 Å². The Bertz CT molecular complexity index is 380. The second kappa shape index (κ2) is 5.84. The van der Waals surface area contributed by atoms with Gasteiger partial charge in [-0.3, -0.25) is 4.90 Å². The smallest absolute Gasteiger partial charge is 0.0659 e. The van der Waals surface area contributed by atoms with Crippen LogP contribution in [0.1, 0.15) is 25.3 Å². The third-order valence-electron chi connectivity index (χ3n) is 3.76. The molecule has 1 aromatic rings. The number of nitriles is 1. The van der Waals surface area contributed by atoms with E-state index in [0.717, 1.165) is 32.5 Å². The molecule has 0 aromatic heterocycles. The molecular weight excluding hydrogens is 208 g/mol. The van der Waals surface area contributed by atoms with Crippen molar-refractivity contribution in [1.82, 2.24) is 4.90 Å². The van der Waals surface area contributed by atoms with Crippen LogP contribution in [0.2, 0.25) is 0 Å². The lowest BCUT2D eigenvalue weighted by Gasteiger charge is -2.35. The molecule has 2 atom stereocenters. The van der Waals surface area contributed by atoms with Crippen LogP contribution in [-0.2, 0) is 6.54 Å². The van der Waals surface area contributed by atoms with Crippen molar-refractivity contribution < 1.29 is 0 Å². The zero-order chi connectivity index (χ0) is 12.1. The average Bonchev–Trinajstić information content (AvgIpc) is 2.40. The maximum absolute atomic E-state index is 9.10. The molecule has 0 spiro atoms. The molecule has 0 radical (unpaired) electrons. The van der Waals surface area contributed by atoms with Gasteiger partial charge in [0.05, 0.1) is 12.0 Å². The van der Waals surface area contributed by atoms with E-state index in [4.69, 9.17) is 5.26 Å². The first kappa shape index (κ1) is 12.1. The fourth-order valence-electron chi connectivity index (χ4n) is 2.68. The standard InChI is InChI=1S/C15H20N2/c1-2-14-12-17(9-8-15(14)10-16)11-13-6-4-3-5-7-13/h3-7,14-15H,2,8-9,11-12H2,1H3/t14-,15+/m0/s1. The Hall–Kier alpha value is -1.33. The van der Waals surface area contributed by atoms with E-state index in [1.165, 1.54) is 5.56 Å². The molecule has 0 bridgehead atoms. The van der Waals surface area contributed by atoms with Crippen molar-refractivity contribution in [2.24, 2.45) is 11.8 Å². The van der Waals surface area contributed by atoms with Crippen molar-refractivity contribution in [3.8, 4) is 6.07 Å². The maximum atomic E-state index is 9.10. The first-order valence-corrected chi connectivity index (χ1v) is 6.49. The summed E-state index contributed by atoms with van der Waals surface area (Å²) in [7, 11) is 0. The summed E-state index contributed by atoms with van der Waals surface area (Å²) in [5, 5.41) is 9.10. The van der Waals surface area contributed by atoms with Crippen LogP contribution in [0.15, 0.2) is 30.3 Å². The van der Waals surface area contributed by atoms with Gasteiger partial charge in [0, 0.05) is 13.1 Å². The Morgan fingerprint density at radius 3 is 2.76 bits per heavy atom. The Balaban J connectivity index is 1.94. The summed E-state index contributed by atoms with van der Waals surface area (Å²) in [4.78, 5) is 2.48. The van der Waals surface area contributed by atoms with E-state index < -0.39 is 0 Å². The predicted molar refractivity (Wildman–Crippen MR) is 69.2 cm³/mol. The van der Waals surface area contributed by atoms with Gasteiger partial charge in [0.1, 0.15) is 0 Å². The summed E-state index contributed by atoms with van der Waals surface area (Å²) in [6.45, 7) is 5.35. The maximum Gasteiger partial charge on any atom is 0.0659 e. The summed E-state index contributed by atoms with van der Waals surface area (Å²) in [6, 6.07) is 13.1. The highest BCUT2D eigenvalue weighted by Gasteiger charge is 2.27. The minimum absolute atomic E-state index is 0.270. The fourth-order valence-corrected chi connectivity index (χ4v) is 2.68. The summed E-state index contributed by atoms with van der Waals surface area (Å²) < 4.78 is 0. The zero-order valence-electron chi connectivity index (χ0n) is 10.5. The van der Waals surface area contributed by atoms with Gasteiger partial charge in [-0.2, -0.15) is 5.26 Å². The van der Waals surface area contributed by atoms with Gasteiger partial charge >= 0.3 is 0 Å².